The third kappa shape index (κ3) is 4.72. The molecule has 1 saturated carbocycles. The van der Waals surface area contributed by atoms with E-state index in [1.54, 1.807) is 25.3 Å². The molecule has 30 heavy (non-hydrogen) atoms. The van der Waals surface area contributed by atoms with Gasteiger partial charge >= 0.3 is 0 Å². The minimum Gasteiger partial charge on any atom is -0.489 e. The summed E-state index contributed by atoms with van der Waals surface area (Å²) in [4.78, 5) is 13.8. The van der Waals surface area contributed by atoms with Crippen LogP contribution in [0.5, 0.6) is 11.5 Å². The Kier molecular flexibility index (Phi) is 6.77. The van der Waals surface area contributed by atoms with Crippen LogP contribution in [0, 0.1) is 0 Å². The van der Waals surface area contributed by atoms with E-state index in [1.165, 1.54) is 24.2 Å². The van der Waals surface area contributed by atoms with E-state index in [2.05, 4.69) is 5.32 Å². The SMILES string of the molecule is COCCOc1ccc(Cl)cc1NC(=O)c1sc2ccccc2c1OC1CCCC1. The van der Waals surface area contributed by atoms with Gasteiger partial charge in [0.25, 0.3) is 5.91 Å². The van der Waals surface area contributed by atoms with Crippen molar-refractivity contribution in [1.82, 2.24) is 0 Å². The zero-order valence-electron chi connectivity index (χ0n) is 16.8. The Labute approximate surface area is 184 Å². The summed E-state index contributed by atoms with van der Waals surface area (Å²) in [6.07, 6.45) is 4.54. The van der Waals surface area contributed by atoms with E-state index < -0.39 is 0 Å². The Bertz CT molecular complexity index is 1030. The molecule has 3 aromatic rings. The van der Waals surface area contributed by atoms with Crippen LogP contribution in [0.4, 0.5) is 5.69 Å². The second-order valence-electron chi connectivity index (χ2n) is 7.22. The van der Waals surface area contributed by atoms with Crippen LogP contribution in [-0.2, 0) is 4.74 Å². The van der Waals surface area contributed by atoms with E-state index in [4.69, 9.17) is 25.8 Å². The van der Waals surface area contributed by atoms with E-state index in [1.807, 2.05) is 24.3 Å². The Hall–Kier alpha value is -2.28. The van der Waals surface area contributed by atoms with Gasteiger partial charge in [0.15, 0.2) is 5.75 Å². The highest BCUT2D eigenvalue weighted by atomic mass is 35.5. The maximum atomic E-state index is 13.3. The Morgan fingerprint density at radius 2 is 1.97 bits per heavy atom. The number of halogens is 1. The molecule has 4 rings (SSSR count). The summed E-state index contributed by atoms with van der Waals surface area (Å²) in [5, 5.41) is 4.45. The highest BCUT2D eigenvalue weighted by molar-refractivity contribution is 7.21. The monoisotopic (exact) mass is 445 g/mol. The molecule has 0 unspecified atom stereocenters. The average molecular weight is 446 g/mol. The second kappa shape index (κ2) is 9.69. The number of benzene rings is 2. The Morgan fingerprint density at radius 1 is 1.17 bits per heavy atom. The molecule has 5 nitrogen and oxygen atoms in total. The molecule has 0 radical (unpaired) electrons. The summed E-state index contributed by atoms with van der Waals surface area (Å²) in [5.41, 5.74) is 0.521. The number of thiophene rings is 1. The first-order valence-electron chi connectivity index (χ1n) is 10.1. The zero-order chi connectivity index (χ0) is 20.9. The lowest BCUT2D eigenvalue weighted by atomic mass is 10.2. The fourth-order valence-corrected chi connectivity index (χ4v) is 4.80. The first kappa shape index (κ1) is 21.0. The molecule has 1 aliphatic carbocycles. The number of ether oxygens (including phenoxy) is 3. The third-order valence-corrected chi connectivity index (χ3v) is 6.46. The maximum Gasteiger partial charge on any atom is 0.269 e. The second-order valence-corrected chi connectivity index (χ2v) is 8.71. The summed E-state index contributed by atoms with van der Waals surface area (Å²) in [7, 11) is 1.61. The first-order chi connectivity index (χ1) is 14.7. The van der Waals surface area contributed by atoms with Crippen LogP contribution in [0.1, 0.15) is 35.4 Å². The predicted octanol–water partition coefficient (Wildman–Crippen LogP) is 6.15. The van der Waals surface area contributed by atoms with Gasteiger partial charge in [-0.2, -0.15) is 0 Å². The van der Waals surface area contributed by atoms with Crippen molar-refractivity contribution in [3.05, 3.63) is 52.4 Å². The summed E-state index contributed by atoms with van der Waals surface area (Å²) in [6, 6.07) is 13.1. The van der Waals surface area contributed by atoms with Gasteiger partial charge in [0.05, 0.1) is 18.4 Å². The number of amides is 1. The van der Waals surface area contributed by atoms with E-state index in [0.717, 1.165) is 22.9 Å². The van der Waals surface area contributed by atoms with Crippen molar-refractivity contribution < 1.29 is 19.0 Å². The molecule has 0 bridgehead atoms. The van der Waals surface area contributed by atoms with Gasteiger partial charge in [0.1, 0.15) is 17.2 Å². The van der Waals surface area contributed by atoms with Gasteiger partial charge in [-0.25, -0.2) is 0 Å². The lowest BCUT2D eigenvalue weighted by Gasteiger charge is -2.15. The van der Waals surface area contributed by atoms with Crippen molar-refractivity contribution >= 4 is 44.6 Å². The fourth-order valence-electron chi connectivity index (χ4n) is 3.60. The minimum atomic E-state index is -0.233. The molecular weight excluding hydrogens is 422 g/mol. The van der Waals surface area contributed by atoms with E-state index in [-0.39, 0.29) is 12.0 Å². The van der Waals surface area contributed by atoms with E-state index in [9.17, 15) is 4.79 Å². The van der Waals surface area contributed by atoms with Crippen molar-refractivity contribution in [3.63, 3.8) is 0 Å². The van der Waals surface area contributed by atoms with Gasteiger partial charge in [-0.3, -0.25) is 4.79 Å². The van der Waals surface area contributed by atoms with E-state index >= 15 is 0 Å². The Morgan fingerprint density at radius 3 is 2.77 bits per heavy atom. The standard InChI is InChI=1S/C23H24ClNO4S/c1-27-12-13-28-19-11-10-15(24)14-18(19)25-23(26)22-21(29-16-6-2-3-7-16)17-8-4-5-9-20(17)30-22/h4-5,8-11,14,16H,2-3,6-7,12-13H2,1H3,(H,25,26). The molecule has 0 saturated heterocycles. The molecule has 0 aliphatic heterocycles. The van der Waals surface area contributed by atoms with Crippen molar-refractivity contribution in [2.45, 2.75) is 31.8 Å². The highest BCUT2D eigenvalue weighted by Gasteiger charge is 2.25. The number of methoxy groups -OCH3 is 1. The summed E-state index contributed by atoms with van der Waals surface area (Å²) in [5.74, 6) is 0.983. The average Bonchev–Trinajstić information content (AvgIpc) is 3.38. The number of nitrogens with one attached hydrogen (secondary N) is 1. The molecule has 1 aliphatic rings. The predicted molar refractivity (Wildman–Crippen MR) is 121 cm³/mol. The zero-order valence-corrected chi connectivity index (χ0v) is 18.4. The molecule has 1 N–H and O–H groups in total. The number of rotatable bonds is 8. The number of carbonyl (C=O) groups is 1. The van der Waals surface area contributed by atoms with Gasteiger partial charge in [-0.15, -0.1) is 11.3 Å². The van der Waals surface area contributed by atoms with Crippen LogP contribution in [0.25, 0.3) is 10.1 Å². The van der Waals surface area contributed by atoms with Crippen molar-refractivity contribution in [1.29, 1.82) is 0 Å². The molecule has 1 heterocycles. The number of hydrogen-bond donors (Lipinski definition) is 1. The van der Waals surface area contributed by atoms with Gasteiger partial charge in [-0.1, -0.05) is 23.7 Å². The quantitative estimate of drug-likeness (QED) is 0.422. The van der Waals surface area contributed by atoms with Crippen LogP contribution in [0.15, 0.2) is 42.5 Å². The van der Waals surface area contributed by atoms with Crippen molar-refractivity contribution in [3.8, 4) is 11.5 Å². The molecule has 1 aromatic heterocycles. The van der Waals surface area contributed by atoms with Gasteiger partial charge in [-0.05, 0) is 56.0 Å². The first-order valence-corrected chi connectivity index (χ1v) is 11.3. The molecule has 2 aromatic carbocycles. The van der Waals surface area contributed by atoms with Crippen LogP contribution >= 0.6 is 22.9 Å². The topological polar surface area (TPSA) is 56.8 Å². The molecule has 7 heteroatoms. The van der Waals surface area contributed by atoms with Gasteiger partial charge in [0, 0.05) is 22.2 Å². The van der Waals surface area contributed by atoms with Crippen LogP contribution in [-0.4, -0.2) is 32.3 Å². The number of hydrogen-bond acceptors (Lipinski definition) is 5. The number of carbonyl (C=O) groups excluding carboxylic acids is 1. The maximum absolute atomic E-state index is 13.3. The molecule has 1 amide bonds. The smallest absolute Gasteiger partial charge is 0.269 e. The normalized spacial score (nSPS) is 14.2. The fraction of sp³-hybridized carbons (Fsp3) is 0.348. The van der Waals surface area contributed by atoms with Crippen LogP contribution in [0.2, 0.25) is 5.02 Å². The van der Waals surface area contributed by atoms with Gasteiger partial charge < -0.3 is 19.5 Å². The molecular formula is C23H24ClNO4S. The summed E-state index contributed by atoms with van der Waals surface area (Å²) >= 11 is 7.60. The largest absolute Gasteiger partial charge is 0.489 e. The number of anilines is 1. The lowest BCUT2D eigenvalue weighted by Crippen LogP contribution is -2.16. The summed E-state index contributed by atoms with van der Waals surface area (Å²) < 4.78 is 18.1. The van der Waals surface area contributed by atoms with Crippen molar-refractivity contribution in [2.75, 3.05) is 25.6 Å². The molecule has 1 fully saturated rings. The molecule has 0 atom stereocenters. The molecule has 0 spiro atoms. The third-order valence-electron chi connectivity index (χ3n) is 5.08. The number of fused-ring (bicyclic) bond motifs is 1. The Balaban J connectivity index is 1.63. The van der Waals surface area contributed by atoms with Crippen molar-refractivity contribution in [2.24, 2.45) is 0 Å². The van der Waals surface area contributed by atoms with E-state index in [0.29, 0.717) is 40.3 Å². The van der Waals surface area contributed by atoms with Gasteiger partial charge in [0.2, 0.25) is 0 Å². The summed E-state index contributed by atoms with van der Waals surface area (Å²) in [6.45, 7) is 0.825. The van der Waals surface area contributed by atoms with Crippen LogP contribution in [0.3, 0.4) is 0 Å². The minimum absolute atomic E-state index is 0.161. The highest BCUT2D eigenvalue weighted by Crippen LogP contribution is 2.40. The van der Waals surface area contributed by atoms with Crippen LogP contribution < -0.4 is 14.8 Å². The lowest BCUT2D eigenvalue weighted by molar-refractivity contribution is 0.102. The molecule has 158 valence electrons.